The molecule has 0 aliphatic heterocycles. The smallest absolute Gasteiger partial charge is 0.258 e. The lowest BCUT2D eigenvalue weighted by Crippen LogP contribution is -1.93. The van der Waals surface area contributed by atoms with Gasteiger partial charge in [-0.1, -0.05) is 19.0 Å². The first-order valence-corrected chi connectivity index (χ1v) is 5.39. The minimum absolute atomic E-state index is 0.239. The van der Waals surface area contributed by atoms with Crippen LogP contribution in [0.3, 0.4) is 0 Å². The van der Waals surface area contributed by atoms with Crippen molar-refractivity contribution in [2.45, 2.75) is 19.8 Å². The summed E-state index contributed by atoms with van der Waals surface area (Å²) in [5.41, 5.74) is 7.17. The number of aromatic nitrogens is 2. The SMILES string of the molecule is COc1ccc(-c2nc(C(C)C)no2)cc1N. The second kappa shape index (κ2) is 4.45. The number of benzene rings is 1. The minimum atomic E-state index is 0.239. The highest BCUT2D eigenvalue weighted by Gasteiger charge is 2.12. The molecule has 0 aliphatic rings. The molecule has 0 spiro atoms. The summed E-state index contributed by atoms with van der Waals surface area (Å²) in [7, 11) is 1.58. The molecule has 0 bridgehead atoms. The summed E-state index contributed by atoms with van der Waals surface area (Å²) >= 11 is 0. The summed E-state index contributed by atoms with van der Waals surface area (Å²) in [5, 5.41) is 3.91. The summed E-state index contributed by atoms with van der Waals surface area (Å²) < 4.78 is 10.3. The van der Waals surface area contributed by atoms with Crippen LogP contribution in [-0.2, 0) is 0 Å². The molecule has 0 radical (unpaired) electrons. The summed E-state index contributed by atoms with van der Waals surface area (Å²) in [6.07, 6.45) is 0. The first kappa shape index (κ1) is 11.4. The van der Waals surface area contributed by atoms with Crippen molar-refractivity contribution in [2.75, 3.05) is 12.8 Å². The maximum absolute atomic E-state index is 5.82. The molecule has 5 heteroatoms. The third-order valence-corrected chi connectivity index (χ3v) is 2.43. The molecule has 0 atom stereocenters. The van der Waals surface area contributed by atoms with Crippen LogP contribution in [0.4, 0.5) is 5.69 Å². The van der Waals surface area contributed by atoms with E-state index in [4.69, 9.17) is 15.0 Å². The molecule has 0 saturated carbocycles. The van der Waals surface area contributed by atoms with Crippen molar-refractivity contribution in [3.8, 4) is 17.2 Å². The van der Waals surface area contributed by atoms with Gasteiger partial charge in [0, 0.05) is 11.5 Å². The van der Waals surface area contributed by atoms with Gasteiger partial charge in [0.15, 0.2) is 5.82 Å². The highest BCUT2D eigenvalue weighted by atomic mass is 16.5. The highest BCUT2D eigenvalue weighted by Crippen LogP contribution is 2.27. The molecule has 2 N–H and O–H groups in total. The molecule has 17 heavy (non-hydrogen) atoms. The number of anilines is 1. The van der Waals surface area contributed by atoms with Crippen molar-refractivity contribution in [3.05, 3.63) is 24.0 Å². The first-order chi connectivity index (χ1) is 8.11. The van der Waals surface area contributed by atoms with Crippen molar-refractivity contribution in [2.24, 2.45) is 0 Å². The van der Waals surface area contributed by atoms with E-state index in [1.807, 2.05) is 19.9 Å². The highest BCUT2D eigenvalue weighted by molar-refractivity contribution is 5.65. The van der Waals surface area contributed by atoms with Gasteiger partial charge >= 0.3 is 0 Å². The molecule has 2 aromatic rings. The summed E-state index contributed by atoms with van der Waals surface area (Å²) in [4.78, 5) is 4.30. The Labute approximate surface area is 99.6 Å². The molecule has 0 fully saturated rings. The largest absolute Gasteiger partial charge is 0.495 e. The second-order valence-electron chi connectivity index (χ2n) is 4.07. The molecule has 1 aromatic heterocycles. The van der Waals surface area contributed by atoms with Gasteiger partial charge in [0.1, 0.15) is 5.75 Å². The van der Waals surface area contributed by atoms with Crippen LogP contribution in [-0.4, -0.2) is 17.3 Å². The predicted molar refractivity (Wildman–Crippen MR) is 64.8 cm³/mol. The average Bonchev–Trinajstić information content (AvgIpc) is 2.78. The lowest BCUT2D eigenvalue weighted by atomic mass is 10.2. The number of hydrogen-bond donors (Lipinski definition) is 1. The predicted octanol–water partition coefficient (Wildman–Crippen LogP) is 2.45. The van der Waals surface area contributed by atoms with Gasteiger partial charge in [-0.2, -0.15) is 4.98 Å². The van der Waals surface area contributed by atoms with E-state index in [2.05, 4.69) is 10.1 Å². The number of nitrogens with two attached hydrogens (primary N) is 1. The minimum Gasteiger partial charge on any atom is -0.495 e. The van der Waals surface area contributed by atoms with Crippen LogP contribution in [0.25, 0.3) is 11.5 Å². The molecule has 0 saturated heterocycles. The van der Waals surface area contributed by atoms with Crippen molar-refractivity contribution in [1.82, 2.24) is 10.1 Å². The molecule has 90 valence electrons. The Morgan fingerprint density at radius 2 is 2.12 bits per heavy atom. The van der Waals surface area contributed by atoms with Crippen molar-refractivity contribution < 1.29 is 9.26 Å². The van der Waals surface area contributed by atoms with Gasteiger partial charge in [0.05, 0.1) is 12.8 Å². The monoisotopic (exact) mass is 233 g/mol. The van der Waals surface area contributed by atoms with Crippen LogP contribution >= 0.6 is 0 Å². The quantitative estimate of drug-likeness (QED) is 0.824. The molecule has 2 rings (SSSR count). The molecule has 5 nitrogen and oxygen atoms in total. The Hall–Kier alpha value is -2.04. The Balaban J connectivity index is 2.36. The molecular formula is C12H15N3O2. The molecule has 0 unspecified atom stereocenters. The third kappa shape index (κ3) is 2.22. The standard InChI is InChI=1S/C12H15N3O2/c1-7(2)11-14-12(17-15-11)8-4-5-10(16-3)9(13)6-8/h4-7H,13H2,1-3H3. The lowest BCUT2D eigenvalue weighted by molar-refractivity contribution is 0.415. The van der Waals surface area contributed by atoms with Gasteiger partial charge < -0.3 is 15.0 Å². The number of ether oxygens (including phenoxy) is 1. The van der Waals surface area contributed by atoms with Gasteiger partial charge in [-0.05, 0) is 18.2 Å². The number of rotatable bonds is 3. The zero-order valence-corrected chi connectivity index (χ0v) is 10.1. The van der Waals surface area contributed by atoms with Crippen molar-refractivity contribution in [1.29, 1.82) is 0 Å². The van der Waals surface area contributed by atoms with Crippen molar-refractivity contribution >= 4 is 5.69 Å². The Morgan fingerprint density at radius 1 is 1.35 bits per heavy atom. The van der Waals surface area contributed by atoms with Crippen LogP contribution in [0, 0.1) is 0 Å². The van der Waals surface area contributed by atoms with E-state index in [1.165, 1.54) is 0 Å². The maximum atomic E-state index is 5.82. The Bertz CT molecular complexity index is 520. The van der Waals surface area contributed by atoms with Gasteiger partial charge in [0.2, 0.25) is 0 Å². The average molecular weight is 233 g/mol. The van der Waals surface area contributed by atoms with E-state index in [0.717, 1.165) is 5.56 Å². The maximum Gasteiger partial charge on any atom is 0.258 e. The van der Waals surface area contributed by atoms with E-state index in [-0.39, 0.29) is 5.92 Å². The molecule has 0 aliphatic carbocycles. The molecule has 0 amide bonds. The van der Waals surface area contributed by atoms with Gasteiger partial charge in [-0.25, -0.2) is 0 Å². The lowest BCUT2D eigenvalue weighted by Gasteiger charge is -2.04. The van der Waals surface area contributed by atoms with E-state index < -0.39 is 0 Å². The van der Waals surface area contributed by atoms with E-state index in [0.29, 0.717) is 23.2 Å². The van der Waals surface area contributed by atoms with Crippen LogP contribution in [0.5, 0.6) is 5.75 Å². The number of hydrogen-bond acceptors (Lipinski definition) is 5. The van der Waals surface area contributed by atoms with Crippen LogP contribution in [0.2, 0.25) is 0 Å². The van der Waals surface area contributed by atoms with E-state index in [1.54, 1.807) is 19.2 Å². The summed E-state index contributed by atoms with van der Waals surface area (Å²) in [6, 6.07) is 5.38. The topological polar surface area (TPSA) is 74.2 Å². The van der Waals surface area contributed by atoms with Gasteiger partial charge in [0.25, 0.3) is 5.89 Å². The van der Waals surface area contributed by atoms with Crippen LogP contribution in [0.15, 0.2) is 22.7 Å². The fourth-order valence-electron chi connectivity index (χ4n) is 1.45. The first-order valence-electron chi connectivity index (χ1n) is 5.39. The van der Waals surface area contributed by atoms with E-state index >= 15 is 0 Å². The number of nitrogen functional groups attached to an aromatic ring is 1. The normalized spacial score (nSPS) is 10.8. The Morgan fingerprint density at radius 3 is 2.65 bits per heavy atom. The molecular weight excluding hydrogens is 218 g/mol. The van der Waals surface area contributed by atoms with Crippen LogP contribution in [0.1, 0.15) is 25.6 Å². The fraction of sp³-hybridized carbons (Fsp3) is 0.333. The summed E-state index contributed by atoms with van der Waals surface area (Å²) in [6.45, 7) is 4.02. The number of nitrogens with zero attached hydrogens (tertiary/aromatic N) is 2. The van der Waals surface area contributed by atoms with E-state index in [9.17, 15) is 0 Å². The summed E-state index contributed by atoms with van der Waals surface area (Å²) in [5.74, 6) is 2.04. The van der Waals surface area contributed by atoms with Crippen LogP contribution < -0.4 is 10.5 Å². The molecule has 1 heterocycles. The Kier molecular flexibility index (Phi) is 2.99. The second-order valence-corrected chi connectivity index (χ2v) is 4.07. The fourth-order valence-corrected chi connectivity index (χ4v) is 1.45. The molecule has 1 aromatic carbocycles. The number of methoxy groups -OCH3 is 1. The van der Waals surface area contributed by atoms with Gasteiger partial charge in [-0.15, -0.1) is 0 Å². The zero-order valence-electron chi connectivity index (χ0n) is 10.1. The van der Waals surface area contributed by atoms with Crippen molar-refractivity contribution in [3.63, 3.8) is 0 Å². The van der Waals surface area contributed by atoms with Gasteiger partial charge in [-0.3, -0.25) is 0 Å². The zero-order chi connectivity index (χ0) is 12.4. The third-order valence-electron chi connectivity index (χ3n) is 2.43.